The second-order valence-electron chi connectivity index (χ2n) is 7.58. The van der Waals surface area contributed by atoms with Gasteiger partial charge in [-0.15, -0.1) is 0 Å². The molecule has 1 saturated heterocycles. The molecule has 2 aromatic rings. The number of nitrogens with one attached hydrogen (secondary N) is 2. The fourth-order valence-corrected chi connectivity index (χ4v) is 4.38. The molecule has 4 rings (SSSR count). The smallest absolute Gasteiger partial charge is 0.325 e. The number of ether oxygens (including phenoxy) is 2. The summed E-state index contributed by atoms with van der Waals surface area (Å²) < 4.78 is 10.4. The third-order valence-electron chi connectivity index (χ3n) is 5.73. The zero-order chi connectivity index (χ0) is 22.2. The summed E-state index contributed by atoms with van der Waals surface area (Å²) in [6, 6.07) is 10.3. The second kappa shape index (κ2) is 8.11. The summed E-state index contributed by atoms with van der Waals surface area (Å²) in [5, 5.41) is 5.76. The topological polar surface area (TPSA) is 97.0 Å². The van der Waals surface area contributed by atoms with E-state index in [1.54, 1.807) is 6.07 Å². The highest BCUT2D eigenvalue weighted by Gasteiger charge is 2.52. The van der Waals surface area contributed by atoms with Crippen molar-refractivity contribution in [3.8, 4) is 11.5 Å². The van der Waals surface area contributed by atoms with Crippen LogP contribution in [0.4, 0.5) is 10.5 Å². The molecule has 0 aromatic heterocycles. The van der Waals surface area contributed by atoms with Gasteiger partial charge in [-0.05, 0) is 30.0 Å². The highest BCUT2D eigenvalue weighted by molar-refractivity contribution is 6.32. The molecule has 1 unspecified atom stereocenters. The van der Waals surface area contributed by atoms with Gasteiger partial charge in [0.15, 0.2) is 0 Å². The van der Waals surface area contributed by atoms with Gasteiger partial charge >= 0.3 is 6.03 Å². The van der Waals surface area contributed by atoms with Gasteiger partial charge in [0.2, 0.25) is 5.91 Å². The standard InChI is InChI=1S/C22H22ClN3O5/c1-30-17-10-18(31-2)16(9-15(17)23)24-19(27)12-26-20(28)22(25-21(26)29)8-7-13-5-3-4-6-14(13)11-22/h3-6,9-10H,7-8,11-12H2,1-2H3,(H,24,27)(H,25,29). The lowest BCUT2D eigenvalue weighted by molar-refractivity contribution is -0.134. The molecular weight excluding hydrogens is 422 g/mol. The first-order valence-corrected chi connectivity index (χ1v) is 10.2. The molecule has 0 radical (unpaired) electrons. The minimum absolute atomic E-state index is 0.286. The van der Waals surface area contributed by atoms with Crippen molar-refractivity contribution in [1.82, 2.24) is 10.2 Å². The molecule has 8 nitrogen and oxygen atoms in total. The highest BCUT2D eigenvalue weighted by Crippen LogP contribution is 2.36. The number of carbonyl (C=O) groups excluding carboxylic acids is 3. The van der Waals surface area contributed by atoms with Crippen LogP contribution in [0.15, 0.2) is 36.4 Å². The lowest BCUT2D eigenvalue weighted by atomic mass is 9.78. The number of aryl methyl sites for hydroxylation is 1. The predicted molar refractivity (Wildman–Crippen MR) is 115 cm³/mol. The average molecular weight is 444 g/mol. The summed E-state index contributed by atoms with van der Waals surface area (Å²) in [5.41, 5.74) is 1.51. The fraction of sp³-hybridized carbons (Fsp3) is 0.318. The van der Waals surface area contributed by atoms with Crippen molar-refractivity contribution < 1.29 is 23.9 Å². The van der Waals surface area contributed by atoms with Crippen LogP contribution < -0.4 is 20.1 Å². The number of urea groups is 1. The minimum atomic E-state index is -1.01. The Labute approximate surface area is 184 Å². The van der Waals surface area contributed by atoms with Gasteiger partial charge in [0, 0.05) is 12.5 Å². The SMILES string of the molecule is COc1cc(OC)c(NC(=O)CN2C(=O)NC3(CCc4ccccc4C3)C2=O)cc1Cl. The Morgan fingerprint density at radius 3 is 2.58 bits per heavy atom. The van der Waals surface area contributed by atoms with Crippen LogP contribution in [-0.2, 0) is 22.4 Å². The van der Waals surface area contributed by atoms with Crippen LogP contribution in [-0.4, -0.2) is 49.0 Å². The van der Waals surface area contributed by atoms with Crippen molar-refractivity contribution in [3.63, 3.8) is 0 Å². The Morgan fingerprint density at radius 2 is 1.87 bits per heavy atom. The number of benzene rings is 2. The van der Waals surface area contributed by atoms with Crippen LogP contribution in [0, 0.1) is 0 Å². The number of hydrogen-bond donors (Lipinski definition) is 2. The molecule has 1 fully saturated rings. The Morgan fingerprint density at radius 1 is 1.16 bits per heavy atom. The first-order chi connectivity index (χ1) is 14.9. The van der Waals surface area contributed by atoms with Crippen molar-refractivity contribution in [3.05, 3.63) is 52.5 Å². The number of anilines is 1. The summed E-state index contributed by atoms with van der Waals surface area (Å²) in [4.78, 5) is 39.3. The number of halogens is 1. The van der Waals surface area contributed by atoms with Gasteiger partial charge in [0.1, 0.15) is 23.6 Å². The van der Waals surface area contributed by atoms with E-state index in [4.69, 9.17) is 21.1 Å². The molecule has 2 N–H and O–H groups in total. The van der Waals surface area contributed by atoms with E-state index in [-0.39, 0.29) is 10.9 Å². The van der Waals surface area contributed by atoms with Gasteiger partial charge in [0.05, 0.1) is 24.9 Å². The zero-order valence-corrected chi connectivity index (χ0v) is 17.9. The number of hydrogen-bond acceptors (Lipinski definition) is 5. The van der Waals surface area contributed by atoms with E-state index in [9.17, 15) is 14.4 Å². The van der Waals surface area contributed by atoms with Crippen LogP contribution in [0.25, 0.3) is 0 Å². The van der Waals surface area contributed by atoms with E-state index >= 15 is 0 Å². The molecular formula is C22H22ClN3O5. The number of carbonyl (C=O) groups is 3. The molecule has 2 aromatic carbocycles. The third-order valence-corrected chi connectivity index (χ3v) is 6.02. The van der Waals surface area contributed by atoms with E-state index in [0.717, 1.165) is 10.5 Å². The minimum Gasteiger partial charge on any atom is -0.495 e. The molecule has 0 saturated carbocycles. The zero-order valence-electron chi connectivity index (χ0n) is 17.2. The van der Waals surface area contributed by atoms with Gasteiger partial charge in [-0.1, -0.05) is 35.9 Å². The number of rotatable bonds is 5. The number of amides is 4. The van der Waals surface area contributed by atoms with E-state index in [1.807, 2.05) is 24.3 Å². The quantitative estimate of drug-likeness (QED) is 0.692. The Hall–Kier alpha value is -3.26. The summed E-state index contributed by atoms with van der Waals surface area (Å²) in [6.07, 6.45) is 1.59. The lowest BCUT2D eigenvalue weighted by Gasteiger charge is -2.32. The average Bonchev–Trinajstić information content (AvgIpc) is 2.97. The van der Waals surface area contributed by atoms with Crippen LogP contribution in [0.2, 0.25) is 5.02 Å². The third kappa shape index (κ3) is 3.79. The molecule has 1 spiro atoms. The first kappa shape index (κ1) is 21.0. The summed E-state index contributed by atoms with van der Waals surface area (Å²) in [5.74, 6) is -0.199. The fourth-order valence-electron chi connectivity index (χ4n) is 4.14. The monoisotopic (exact) mass is 443 g/mol. The van der Waals surface area contributed by atoms with E-state index in [1.165, 1.54) is 25.8 Å². The molecule has 1 aliphatic carbocycles. The van der Waals surface area contributed by atoms with Gasteiger partial charge in [-0.2, -0.15) is 0 Å². The Kier molecular flexibility index (Phi) is 5.49. The molecule has 2 aliphatic rings. The molecule has 1 atom stereocenters. The van der Waals surface area contributed by atoms with Crippen LogP contribution >= 0.6 is 11.6 Å². The van der Waals surface area contributed by atoms with Gasteiger partial charge < -0.3 is 20.1 Å². The second-order valence-corrected chi connectivity index (χ2v) is 7.99. The molecule has 162 valence electrons. The predicted octanol–water partition coefficient (Wildman–Crippen LogP) is 2.78. The Balaban J connectivity index is 1.49. The van der Waals surface area contributed by atoms with Crippen molar-refractivity contribution in [2.24, 2.45) is 0 Å². The van der Waals surface area contributed by atoms with E-state index in [2.05, 4.69) is 10.6 Å². The first-order valence-electron chi connectivity index (χ1n) is 9.79. The maximum atomic E-state index is 13.2. The van der Waals surface area contributed by atoms with Crippen LogP contribution in [0.5, 0.6) is 11.5 Å². The number of fused-ring (bicyclic) bond motifs is 1. The lowest BCUT2D eigenvalue weighted by Crippen LogP contribution is -2.51. The highest BCUT2D eigenvalue weighted by atomic mass is 35.5. The molecule has 1 heterocycles. The van der Waals surface area contributed by atoms with Gasteiger partial charge in [-0.25, -0.2) is 4.79 Å². The summed E-state index contributed by atoms with van der Waals surface area (Å²) >= 11 is 6.14. The van der Waals surface area contributed by atoms with Gasteiger partial charge in [0.25, 0.3) is 5.91 Å². The number of methoxy groups -OCH3 is 2. The van der Waals surface area contributed by atoms with Crippen molar-refractivity contribution in [2.75, 3.05) is 26.1 Å². The normalized spacial score (nSPS) is 19.8. The van der Waals surface area contributed by atoms with Crippen LogP contribution in [0.3, 0.4) is 0 Å². The molecule has 1 aliphatic heterocycles. The van der Waals surface area contributed by atoms with E-state index in [0.29, 0.717) is 36.4 Å². The molecule has 9 heteroatoms. The molecule has 0 bridgehead atoms. The number of imide groups is 1. The largest absolute Gasteiger partial charge is 0.495 e. The summed E-state index contributed by atoms with van der Waals surface area (Å²) in [7, 11) is 2.91. The Bertz CT molecular complexity index is 1070. The van der Waals surface area contributed by atoms with Crippen molar-refractivity contribution >= 4 is 35.1 Å². The van der Waals surface area contributed by atoms with Crippen molar-refractivity contribution in [2.45, 2.75) is 24.8 Å². The van der Waals surface area contributed by atoms with Crippen molar-refractivity contribution in [1.29, 1.82) is 0 Å². The molecule has 31 heavy (non-hydrogen) atoms. The van der Waals surface area contributed by atoms with Crippen LogP contribution in [0.1, 0.15) is 17.5 Å². The maximum Gasteiger partial charge on any atom is 0.325 e. The molecule has 4 amide bonds. The summed E-state index contributed by atoms with van der Waals surface area (Å²) in [6.45, 7) is -0.416. The van der Waals surface area contributed by atoms with E-state index < -0.39 is 24.0 Å². The maximum absolute atomic E-state index is 13.2. The number of nitrogens with zero attached hydrogens (tertiary/aromatic N) is 1. The van der Waals surface area contributed by atoms with Gasteiger partial charge in [-0.3, -0.25) is 14.5 Å².